The van der Waals surface area contributed by atoms with Crippen molar-refractivity contribution < 1.29 is 19.1 Å². The van der Waals surface area contributed by atoms with Gasteiger partial charge >= 0.3 is 6.03 Å². The second kappa shape index (κ2) is 10.0. The third-order valence-corrected chi connectivity index (χ3v) is 8.21. The number of thiophene rings is 1. The molecule has 202 valence electrons. The third-order valence-electron chi connectivity index (χ3n) is 7.11. The van der Waals surface area contributed by atoms with E-state index in [0.717, 1.165) is 23.5 Å². The molecule has 1 saturated carbocycles. The number of ether oxygens (including phenoxy) is 1. The number of pyridine rings is 3. The fourth-order valence-electron chi connectivity index (χ4n) is 5.34. The fraction of sp³-hybridized carbons (Fsp3) is 0.214. The number of aryl methyl sites for hydroxylation is 1. The topological polar surface area (TPSA) is 144 Å². The quantitative estimate of drug-likeness (QED) is 0.318. The Kier molecular flexibility index (Phi) is 6.39. The minimum absolute atomic E-state index is 0.243. The van der Waals surface area contributed by atoms with Crippen LogP contribution in [0.2, 0.25) is 0 Å². The number of nitrogens with one attached hydrogen (secondary N) is 1. The molecule has 0 spiro atoms. The molecule has 40 heavy (non-hydrogen) atoms. The van der Waals surface area contributed by atoms with Crippen LogP contribution in [0.15, 0.2) is 61.6 Å². The Morgan fingerprint density at radius 1 is 1.18 bits per heavy atom. The second-order valence-electron chi connectivity index (χ2n) is 9.50. The second-order valence-corrected chi connectivity index (χ2v) is 10.5. The standard InChI is InChI=1S/C28H25N7O4S/c1-3-22(36)33-17-6-4-7-18(17)35-24-23-19(11-13-31-27(23)40-25(24)26(29)37)34(28(35)38)21-10-9-16(14-32-21)39-20-8-5-12-30-15(20)2/h3,5,8-14,17-18H,1,4,6-7H2,2H3,(H2,29,37)(H,33,36)/t17-,18+/m0/s1. The lowest BCUT2D eigenvalue weighted by Gasteiger charge is -2.40. The zero-order chi connectivity index (χ0) is 28.0. The Hall–Kier alpha value is -4.84. The van der Waals surface area contributed by atoms with Gasteiger partial charge in [0.15, 0.2) is 0 Å². The SMILES string of the molecule is C=CC(=O)N[C@H]1CCC[C@H]1N1C(=O)N(c2ccc(Oc3cccnc3C)cn2)c2ccnc3sc(C(N)=O)c1c23. The molecule has 4 amide bonds. The minimum Gasteiger partial charge on any atom is -0.454 e. The molecule has 5 heterocycles. The van der Waals surface area contributed by atoms with Crippen LogP contribution in [-0.2, 0) is 4.79 Å². The Bertz CT molecular complexity index is 1670. The first-order valence-corrected chi connectivity index (χ1v) is 13.5. The fourth-order valence-corrected chi connectivity index (χ4v) is 6.35. The first-order chi connectivity index (χ1) is 19.4. The van der Waals surface area contributed by atoms with Crippen LogP contribution in [0.3, 0.4) is 0 Å². The Morgan fingerprint density at radius 3 is 2.75 bits per heavy atom. The molecule has 2 atom stereocenters. The molecule has 6 rings (SSSR count). The summed E-state index contributed by atoms with van der Waals surface area (Å²) in [6.07, 6.45) is 8.10. The lowest BCUT2D eigenvalue weighted by molar-refractivity contribution is -0.117. The summed E-state index contributed by atoms with van der Waals surface area (Å²) in [5.74, 6) is 0.470. The van der Waals surface area contributed by atoms with E-state index in [1.165, 1.54) is 11.0 Å². The minimum atomic E-state index is -0.648. The number of urea groups is 1. The number of primary amides is 1. The van der Waals surface area contributed by atoms with Gasteiger partial charge in [0, 0.05) is 12.4 Å². The van der Waals surface area contributed by atoms with E-state index in [2.05, 4.69) is 26.8 Å². The highest BCUT2D eigenvalue weighted by atomic mass is 32.1. The average molecular weight is 556 g/mol. The summed E-state index contributed by atoms with van der Waals surface area (Å²) in [4.78, 5) is 56.3. The zero-order valence-corrected chi connectivity index (χ0v) is 22.4. The van der Waals surface area contributed by atoms with Gasteiger partial charge in [-0.25, -0.2) is 19.7 Å². The van der Waals surface area contributed by atoms with Crippen molar-refractivity contribution in [2.24, 2.45) is 5.73 Å². The molecule has 0 saturated heterocycles. The number of hydrogen-bond acceptors (Lipinski definition) is 8. The van der Waals surface area contributed by atoms with E-state index in [4.69, 9.17) is 10.5 Å². The van der Waals surface area contributed by atoms with Crippen LogP contribution < -0.4 is 25.6 Å². The van der Waals surface area contributed by atoms with Gasteiger partial charge in [-0.3, -0.25) is 19.5 Å². The van der Waals surface area contributed by atoms with Gasteiger partial charge in [-0.15, -0.1) is 11.3 Å². The maximum Gasteiger partial charge on any atom is 0.335 e. The summed E-state index contributed by atoms with van der Waals surface area (Å²) in [6.45, 7) is 5.39. The van der Waals surface area contributed by atoms with Crippen LogP contribution in [0.1, 0.15) is 34.6 Å². The van der Waals surface area contributed by atoms with Crippen molar-refractivity contribution >= 4 is 56.6 Å². The van der Waals surface area contributed by atoms with E-state index in [0.29, 0.717) is 51.7 Å². The summed E-state index contributed by atoms with van der Waals surface area (Å²) < 4.78 is 5.94. The van der Waals surface area contributed by atoms with Gasteiger partial charge in [0.1, 0.15) is 27.0 Å². The predicted molar refractivity (Wildman–Crippen MR) is 151 cm³/mol. The zero-order valence-electron chi connectivity index (χ0n) is 21.5. The molecule has 0 radical (unpaired) electrons. The van der Waals surface area contributed by atoms with Gasteiger partial charge in [0.05, 0.1) is 40.7 Å². The van der Waals surface area contributed by atoms with E-state index < -0.39 is 18.0 Å². The molecule has 1 fully saturated rings. The number of rotatable bonds is 7. The lowest BCUT2D eigenvalue weighted by atomic mass is 10.0. The van der Waals surface area contributed by atoms with Crippen molar-refractivity contribution in [2.75, 3.05) is 9.80 Å². The van der Waals surface area contributed by atoms with E-state index in [9.17, 15) is 14.4 Å². The molecule has 3 N–H and O–H groups in total. The monoisotopic (exact) mass is 555 g/mol. The molecule has 12 heteroatoms. The number of anilines is 3. The number of carbonyl (C=O) groups excluding carboxylic acids is 3. The molecule has 4 aromatic heterocycles. The van der Waals surface area contributed by atoms with Crippen LogP contribution in [0.25, 0.3) is 10.2 Å². The van der Waals surface area contributed by atoms with Crippen LogP contribution in [0, 0.1) is 6.92 Å². The smallest absolute Gasteiger partial charge is 0.335 e. The van der Waals surface area contributed by atoms with Gasteiger partial charge in [-0.2, -0.15) is 0 Å². The Labute approximate surface area is 233 Å². The van der Waals surface area contributed by atoms with Crippen LogP contribution in [0.4, 0.5) is 22.0 Å². The molecule has 11 nitrogen and oxygen atoms in total. The van der Waals surface area contributed by atoms with Gasteiger partial charge in [-0.1, -0.05) is 6.58 Å². The summed E-state index contributed by atoms with van der Waals surface area (Å²) in [7, 11) is 0. The van der Waals surface area contributed by atoms with Crippen LogP contribution in [-0.4, -0.2) is 44.9 Å². The molecule has 4 aromatic rings. The molecule has 0 aromatic carbocycles. The van der Waals surface area contributed by atoms with E-state index in [-0.39, 0.29) is 16.8 Å². The summed E-state index contributed by atoms with van der Waals surface area (Å²) >= 11 is 1.14. The van der Waals surface area contributed by atoms with Gasteiger partial charge < -0.3 is 15.8 Å². The van der Waals surface area contributed by atoms with E-state index in [1.54, 1.807) is 47.8 Å². The highest BCUT2D eigenvalue weighted by molar-refractivity contribution is 7.21. The van der Waals surface area contributed by atoms with Gasteiger partial charge in [0.2, 0.25) is 5.91 Å². The van der Waals surface area contributed by atoms with Crippen molar-refractivity contribution in [3.8, 4) is 11.5 Å². The predicted octanol–water partition coefficient (Wildman–Crippen LogP) is 4.59. The lowest BCUT2D eigenvalue weighted by Crippen LogP contribution is -2.55. The number of nitrogens with two attached hydrogens (primary N) is 1. The van der Waals surface area contributed by atoms with Gasteiger partial charge in [-0.05, 0) is 62.6 Å². The highest BCUT2D eigenvalue weighted by Crippen LogP contribution is 2.50. The third kappa shape index (κ3) is 4.22. The molecule has 1 aliphatic carbocycles. The van der Waals surface area contributed by atoms with Crippen molar-refractivity contribution in [1.29, 1.82) is 0 Å². The number of nitrogens with zero attached hydrogens (tertiary/aromatic N) is 5. The normalized spacial score (nSPS) is 18.2. The van der Waals surface area contributed by atoms with E-state index in [1.807, 2.05) is 13.0 Å². The molecular weight excluding hydrogens is 530 g/mol. The number of carbonyl (C=O) groups is 3. The number of amides is 4. The molecule has 0 unspecified atom stereocenters. The highest BCUT2D eigenvalue weighted by Gasteiger charge is 2.45. The Morgan fingerprint density at radius 2 is 2.02 bits per heavy atom. The van der Waals surface area contributed by atoms with Gasteiger partial charge in [0.25, 0.3) is 5.91 Å². The maximum atomic E-state index is 14.4. The van der Waals surface area contributed by atoms with Crippen LogP contribution >= 0.6 is 11.3 Å². The van der Waals surface area contributed by atoms with Crippen molar-refractivity contribution in [1.82, 2.24) is 20.3 Å². The van der Waals surface area contributed by atoms with E-state index >= 15 is 0 Å². The molecule has 0 bridgehead atoms. The summed E-state index contributed by atoms with van der Waals surface area (Å²) in [6, 6.07) is 7.58. The van der Waals surface area contributed by atoms with Crippen molar-refractivity contribution in [2.45, 2.75) is 38.3 Å². The Balaban J connectivity index is 1.45. The van der Waals surface area contributed by atoms with Crippen LogP contribution in [0.5, 0.6) is 11.5 Å². The molecule has 1 aliphatic heterocycles. The average Bonchev–Trinajstić information content (AvgIpc) is 3.57. The van der Waals surface area contributed by atoms with Crippen molar-refractivity contribution in [3.63, 3.8) is 0 Å². The first kappa shape index (κ1) is 25.4. The summed E-state index contributed by atoms with van der Waals surface area (Å²) in [5, 5.41) is 3.58. The summed E-state index contributed by atoms with van der Waals surface area (Å²) in [5.41, 5.74) is 7.49. The number of aromatic nitrogens is 3. The molecule has 2 aliphatic rings. The maximum absolute atomic E-state index is 14.4. The van der Waals surface area contributed by atoms with Crippen molar-refractivity contribution in [3.05, 3.63) is 72.1 Å². The first-order valence-electron chi connectivity index (χ1n) is 12.7. The molecular formula is C28H25N7O4S. The number of hydrogen-bond donors (Lipinski definition) is 2. The largest absolute Gasteiger partial charge is 0.454 e.